The molecule has 1 saturated carbocycles. The Labute approximate surface area is 198 Å². The Hall–Kier alpha value is -2.40. The van der Waals surface area contributed by atoms with Crippen LogP contribution in [0.3, 0.4) is 0 Å². The molecule has 4 rings (SSSR count). The molecular formula is C22H29N5O4S2. The fraction of sp³-hybridized carbons (Fsp3) is 0.545. The van der Waals surface area contributed by atoms with Crippen LogP contribution in [0.4, 0.5) is 5.69 Å². The van der Waals surface area contributed by atoms with Gasteiger partial charge in [0.2, 0.25) is 11.8 Å². The minimum atomic E-state index is -3.07. The minimum absolute atomic E-state index is 0.0430. The van der Waals surface area contributed by atoms with Gasteiger partial charge in [-0.05, 0) is 43.9 Å². The Balaban J connectivity index is 1.54. The van der Waals surface area contributed by atoms with Crippen molar-refractivity contribution in [3.8, 4) is 5.69 Å². The van der Waals surface area contributed by atoms with E-state index in [0.717, 1.165) is 30.8 Å². The van der Waals surface area contributed by atoms with Crippen LogP contribution in [0.5, 0.6) is 0 Å². The smallest absolute Gasteiger partial charge is 0.233 e. The quantitative estimate of drug-likeness (QED) is 0.536. The number of benzene rings is 1. The topological polar surface area (TPSA) is 114 Å². The van der Waals surface area contributed by atoms with Gasteiger partial charge in [-0.3, -0.25) is 14.2 Å². The number of thioether (sulfide) groups is 1. The molecule has 2 heterocycles. The molecule has 0 radical (unpaired) electrons. The van der Waals surface area contributed by atoms with Crippen molar-refractivity contribution in [2.24, 2.45) is 0 Å². The largest absolute Gasteiger partial charge is 0.338 e. The zero-order chi connectivity index (χ0) is 23.6. The van der Waals surface area contributed by atoms with Crippen molar-refractivity contribution in [1.29, 1.82) is 0 Å². The molecule has 2 aromatic rings. The zero-order valence-electron chi connectivity index (χ0n) is 18.9. The van der Waals surface area contributed by atoms with E-state index in [0.29, 0.717) is 29.7 Å². The molecule has 2 amide bonds. The highest BCUT2D eigenvalue weighted by atomic mass is 32.2. The second-order valence-electron chi connectivity index (χ2n) is 8.61. The summed E-state index contributed by atoms with van der Waals surface area (Å²) in [5.41, 5.74) is 1.51. The molecule has 0 spiro atoms. The molecule has 33 heavy (non-hydrogen) atoms. The predicted octanol–water partition coefficient (Wildman–Crippen LogP) is 2.62. The van der Waals surface area contributed by atoms with Gasteiger partial charge in [0, 0.05) is 31.1 Å². The molecule has 1 aliphatic carbocycles. The van der Waals surface area contributed by atoms with Gasteiger partial charge in [-0.2, -0.15) is 0 Å². The number of carbonyl (C=O) groups is 2. The number of carbonyl (C=O) groups excluding carboxylic acids is 2. The number of anilines is 1. The molecule has 9 nitrogen and oxygen atoms in total. The third kappa shape index (κ3) is 5.75. The van der Waals surface area contributed by atoms with E-state index in [1.165, 1.54) is 18.7 Å². The summed E-state index contributed by atoms with van der Waals surface area (Å²) < 4.78 is 25.8. The minimum Gasteiger partial charge on any atom is -0.338 e. The molecule has 1 saturated heterocycles. The summed E-state index contributed by atoms with van der Waals surface area (Å²) in [6, 6.07) is 7.23. The Kier molecular flexibility index (Phi) is 7.08. The van der Waals surface area contributed by atoms with Crippen LogP contribution in [-0.4, -0.2) is 69.7 Å². The summed E-state index contributed by atoms with van der Waals surface area (Å²) in [6.45, 7) is 3.99. The number of rotatable bonds is 9. The summed E-state index contributed by atoms with van der Waals surface area (Å²) in [5.74, 6) is 1.31. The lowest BCUT2D eigenvalue weighted by atomic mass is 10.2. The Bertz CT molecular complexity index is 1140. The van der Waals surface area contributed by atoms with Gasteiger partial charge in [-0.25, -0.2) is 8.42 Å². The molecule has 2 aliphatic rings. The van der Waals surface area contributed by atoms with Crippen molar-refractivity contribution < 1.29 is 18.0 Å². The maximum atomic E-state index is 13.1. The first-order valence-electron chi connectivity index (χ1n) is 11.2. The molecule has 1 atom stereocenters. The van der Waals surface area contributed by atoms with Crippen molar-refractivity contribution in [1.82, 2.24) is 19.7 Å². The van der Waals surface area contributed by atoms with E-state index in [2.05, 4.69) is 15.5 Å². The molecule has 0 bridgehead atoms. The van der Waals surface area contributed by atoms with Gasteiger partial charge in [0.25, 0.3) is 0 Å². The maximum absolute atomic E-state index is 13.1. The van der Waals surface area contributed by atoms with Crippen LogP contribution >= 0.6 is 11.8 Å². The van der Waals surface area contributed by atoms with Crippen LogP contribution in [0.1, 0.15) is 51.3 Å². The van der Waals surface area contributed by atoms with Crippen LogP contribution in [-0.2, 0) is 19.4 Å². The molecule has 1 aromatic carbocycles. The third-order valence-corrected chi connectivity index (χ3v) is 8.45. The fourth-order valence-corrected chi connectivity index (χ4v) is 6.71. The second-order valence-corrected chi connectivity index (χ2v) is 11.8. The molecule has 2 fully saturated rings. The van der Waals surface area contributed by atoms with Crippen LogP contribution in [0.15, 0.2) is 29.4 Å². The van der Waals surface area contributed by atoms with Gasteiger partial charge in [0.05, 0.1) is 22.9 Å². The first kappa shape index (κ1) is 23.7. The number of nitrogens with one attached hydrogen (secondary N) is 1. The number of nitrogens with zero attached hydrogens (tertiary/aromatic N) is 4. The zero-order valence-corrected chi connectivity index (χ0v) is 20.5. The average Bonchev–Trinajstić information content (AvgIpc) is 3.42. The number of sulfone groups is 1. The Morgan fingerprint density at radius 3 is 2.67 bits per heavy atom. The highest BCUT2D eigenvalue weighted by Gasteiger charge is 2.35. The van der Waals surface area contributed by atoms with Crippen LogP contribution in [0, 0.1) is 0 Å². The van der Waals surface area contributed by atoms with E-state index in [-0.39, 0.29) is 35.1 Å². The molecule has 1 N–H and O–H groups in total. The van der Waals surface area contributed by atoms with Gasteiger partial charge in [-0.15, -0.1) is 10.2 Å². The summed E-state index contributed by atoms with van der Waals surface area (Å²) in [7, 11) is -3.07. The molecule has 1 aromatic heterocycles. The van der Waals surface area contributed by atoms with E-state index in [1.54, 1.807) is 4.90 Å². The van der Waals surface area contributed by atoms with Crippen molar-refractivity contribution in [3.05, 3.63) is 30.1 Å². The maximum Gasteiger partial charge on any atom is 0.233 e. The van der Waals surface area contributed by atoms with Crippen LogP contribution in [0.2, 0.25) is 0 Å². The van der Waals surface area contributed by atoms with Crippen molar-refractivity contribution in [3.63, 3.8) is 0 Å². The summed E-state index contributed by atoms with van der Waals surface area (Å²) >= 11 is 1.31. The van der Waals surface area contributed by atoms with E-state index < -0.39 is 9.84 Å². The molecular weight excluding hydrogens is 462 g/mol. The SMILES string of the molecule is CCCN(C(=O)CSc1nnc(C2CC2)n1-c1cccc(NC(C)=O)c1)C1CCS(=O)(=O)C1. The van der Waals surface area contributed by atoms with Crippen LogP contribution < -0.4 is 5.32 Å². The van der Waals surface area contributed by atoms with E-state index in [1.807, 2.05) is 35.8 Å². The van der Waals surface area contributed by atoms with Gasteiger partial charge in [0.1, 0.15) is 5.82 Å². The first-order chi connectivity index (χ1) is 15.8. The summed E-state index contributed by atoms with van der Waals surface area (Å²) in [5, 5.41) is 12.2. The normalized spacial score (nSPS) is 19.4. The molecule has 178 valence electrons. The highest BCUT2D eigenvalue weighted by molar-refractivity contribution is 7.99. The van der Waals surface area contributed by atoms with Crippen molar-refractivity contribution in [2.75, 3.05) is 29.1 Å². The third-order valence-electron chi connectivity index (χ3n) is 5.78. The van der Waals surface area contributed by atoms with E-state index in [4.69, 9.17) is 0 Å². The lowest BCUT2D eigenvalue weighted by Gasteiger charge is -2.27. The van der Waals surface area contributed by atoms with Gasteiger partial charge < -0.3 is 10.2 Å². The number of hydrogen-bond donors (Lipinski definition) is 1. The van der Waals surface area contributed by atoms with Crippen LogP contribution in [0.25, 0.3) is 5.69 Å². The van der Waals surface area contributed by atoms with Gasteiger partial charge in [0.15, 0.2) is 15.0 Å². The number of hydrogen-bond acceptors (Lipinski definition) is 7. The van der Waals surface area contributed by atoms with E-state index in [9.17, 15) is 18.0 Å². The molecule has 1 unspecified atom stereocenters. The van der Waals surface area contributed by atoms with Gasteiger partial charge >= 0.3 is 0 Å². The monoisotopic (exact) mass is 491 g/mol. The fourth-order valence-electron chi connectivity index (χ4n) is 4.13. The standard InChI is InChI=1S/C22H29N5O4S2/c1-3-10-26(19-9-11-33(30,31)14-19)20(29)13-32-22-25-24-21(16-7-8-16)27(22)18-6-4-5-17(12-18)23-15(2)28/h4-6,12,16,19H,3,7-11,13-14H2,1-2H3,(H,23,28). The van der Waals surface area contributed by atoms with Crippen molar-refractivity contribution in [2.45, 2.75) is 56.6 Å². The summed E-state index contributed by atoms with van der Waals surface area (Å²) in [4.78, 5) is 26.3. The Morgan fingerprint density at radius 1 is 1.24 bits per heavy atom. The number of amides is 2. The lowest BCUT2D eigenvalue weighted by molar-refractivity contribution is -0.130. The highest BCUT2D eigenvalue weighted by Crippen LogP contribution is 2.41. The van der Waals surface area contributed by atoms with Crippen molar-refractivity contribution >= 4 is 39.1 Å². The lowest BCUT2D eigenvalue weighted by Crippen LogP contribution is -2.42. The first-order valence-corrected chi connectivity index (χ1v) is 14.0. The average molecular weight is 492 g/mol. The molecule has 1 aliphatic heterocycles. The number of aromatic nitrogens is 3. The Morgan fingerprint density at radius 2 is 2.03 bits per heavy atom. The molecule has 11 heteroatoms. The summed E-state index contributed by atoms with van der Waals surface area (Å²) in [6.07, 6.45) is 3.36. The van der Waals surface area contributed by atoms with Gasteiger partial charge in [-0.1, -0.05) is 24.8 Å². The second kappa shape index (κ2) is 9.84. The van der Waals surface area contributed by atoms with E-state index >= 15 is 0 Å². The predicted molar refractivity (Wildman–Crippen MR) is 127 cm³/mol.